The van der Waals surface area contributed by atoms with Gasteiger partial charge in [-0.15, -0.1) is 20.4 Å². The van der Waals surface area contributed by atoms with Gasteiger partial charge in [0.05, 0.1) is 23.8 Å². The SMILES string of the molecule is NC(=C(N)c1cccc(S(=O)(=O)O)c1S(=O)(=O)O)c1ccccc1.Nc1ccnnn1.Nc1ccnnn1. The van der Waals surface area contributed by atoms with Crippen LogP contribution in [-0.4, -0.2) is 56.8 Å². The Morgan fingerprint density at radius 2 is 1.18 bits per heavy atom. The summed E-state index contributed by atoms with van der Waals surface area (Å²) in [6, 6.07) is 14.6. The Balaban J connectivity index is 0.000000291. The first-order valence-corrected chi connectivity index (χ1v) is 12.9. The Kier molecular flexibility index (Phi) is 10.0. The van der Waals surface area contributed by atoms with E-state index in [-0.39, 0.29) is 17.0 Å². The fourth-order valence-corrected chi connectivity index (χ4v) is 4.62. The van der Waals surface area contributed by atoms with E-state index in [0.717, 1.165) is 12.1 Å². The fourth-order valence-electron chi connectivity index (χ4n) is 2.62. The molecular weight excluding hydrogens is 540 g/mol. The van der Waals surface area contributed by atoms with Crippen LogP contribution in [0.25, 0.3) is 11.4 Å². The third-order valence-corrected chi connectivity index (χ3v) is 6.21. The van der Waals surface area contributed by atoms with Crippen molar-refractivity contribution in [3.63, 3.8) is 0 Å². The fraction of sp³-hybridized carbons (Fsp3) is 0. The molecule has 0 saturated heterocycles. The molecule has 0 spiro atoms. The van der Waals surface area contributed by atoms with Crippen molar-refractivity contribution in [1.82, 2.24) is 30.8 Å². The number of hydrogen-bond acceptors (Lipinski definition) is 14. The molecule has 18 heteroatoms. The van der Waals surface area contributed by atoms with Crippen molar-refractivity contribution in [2.45, 2.75) is 9.79 Å². The first-order valence-electron chi connectivity index (χ1n) is 10.0. The monoisotopic (exact) mass is 562 g/mol. The summed E-state index contributed by atoms with van der Waals surface area (Å²) >= 11 is 0. The van der Waals surface area contributed by atoms with E-state index in [2.05, 4.69) is 30.8 Å². The zero-order valence-electron chi connectivity index (χ0n) is 19.3. The predicted molar refractivity (Wildman–Crippen MR) is 136 cm³/mol. The number of anilines is 2. The van der Waals surface area contributed by atoms with Gasteiger partial charge in [-0.1, -0.05) is 42.5 Å². The molecular formula is C20H22N10O6S2. The summed E-state index contributed by atoms with van der Waals surface area (Å²) in [6.07, 6.45) is 2.98. The number of hydrogen-bond donors (Lipinski definition) is 6. The van der Waals surface area contributed by atoms with Gasteiger partial charge in [-0.3, -0.25) is 9.11 Å². The highest BCUT2D eigenvalue weighted by atomic mass is 32.2. The predicted octanol–water partition coefficient (Wildman–Crippen LogP) is -0.169. The van der Waals surface area contributed by atoms with Gasteiger partial charge in [0.15, 0.2) is 0 Å². The van der Waals surface area contributed by atoms with Gasteiger partial charge in [-0.05, 0) is 22.1 Å². The molecule has 4 aromatic rings. The summed E-state index contributed by atoms with van der Waals surface area (Å²) in [7, 11) is -9.94. The number of aromatic nitrogens is 6. The van der Waals surface area contributed by atoms with E-state index in [1.165, 1.54) is 18.5 Å². The molecule has 0 saturated carbocycles. The lowest BCUT2D eigenvalue weighted by Crippen LogP contribution is -2.15. The minimum atomic E-state index is -5.02. The Morgan fingerprint density at radius 3 is 1.55 bits per heavy atom. The highest BCUT2D eigenvalue weighted by Gasteiger charge is 2.28. The summed E-state index contributed by atoms with van der Waals surface area (Å²) in [4.78, 5) is -2.03. The van der Waals surface area contributed by atoms with Crippen molar-refractivity contribution in [3.8, 4) is 0 Å². The normalized spacial score (nSPS) is 11.6. The van der Waals surface area contributed by atoms with Crippen LogP contribution in [0.3, 0.4) is 0 Å². The third kappa shape index (κ3) is 8.71. The van der Waals surface area contributed by atoms with E-state index in [1.807, 2.05) is 0 Å². The number of rotatable bonds is 4. The Hall–Kier alpha value is -4.78. The zero-order valence-corrected chi connectivity index (χ0v) is 20.9. The van der Waals surface area contributed by atoms with Gasteiger partial charge in [0.25, 0.3) is 20.2 Å². The van der Waals surface area contributed by atoms with E-state index in [0.29, 0.717) is 17.2 Å². The molecule has 0 atom stereocenters. The average molecular weight is 563 g/mol. The van der Waals surface area contributed by atoms with Crippen molar-refractivity contribution in [1.29, 1.82) is 0 Å². The van der Waals surface area contributed by atoms with Crippen molar-refractivity contribution in [3.05, 3.63) is 84.2 Å². The third-order valence-electron chi connectivity index (χ3n) is 4.23. The Labute approximate surface area is 216 Å². The second kappa shape index (κ2) is 13.0. The van der Waals surface area contributed by atoms with E-state index >= 15 is 0 Å². The molecule has 0 aliphatic heterocycles. The van der Waals surface area contributed by atoms with Crippen molar-refractivity contribution < 1.29 is 25.9 Å². The number of nitrogens with two attached hydrogens (primary N) is 4. The molecule has 4 rings (SSSR count). The highest BCUT2D eigenvalue weighted by molar-refractivity contribution is 7.89. The molecule has 38 heavy (non-hydrogen) atoms. The molecule has 0 aliphatic carbocycles. The van der Waals surface area contributed by atoms with Crippen molar-refractivity contribution in [2.24, 2.45) is 11.5 Å². The first-order chi connectivity index (χ1) is 17.8. The van der Waals surface area contributed by atoms with Crippen LogP contribution in [0, 0.1) is 0 Å². The molecule has 2 heterocycles. The van der Waals surface area contributed by atoms with Gasteiger partial charge in [-0.25, -0.2) is 0 Å². The van der Waals surface area contributed by atoms with E-state index in [1.54, 1.807) is 42.5 Å². The maximum absolute atomic E-state index is 11.6. The lowest BCUT2D eigenvalue weighted by molar-refractivity contribution is 0.466. The molecule has 0 amide bonds. The van der Waals surface area contributed by atoms with Crippen LogP contribution < -0.4 is 22.9 Å². The molecule has 0 fully saturated rings. The van der Waals surface area contributed by atoms with Gasteiger partial charge >= 0.3 is 0 Å². The van der Waals surface area contributed by atoms with Crippen LogP contribution in [0.1, 0.15) is 11.1 Å². The van der Waals surface area contributed by atoms with Gasteiger partial charge in [0.1, 0.15) is 21.4 Å². The minimum absolute atomic E-state index is 0.0204. The smallest absolute Gasteiger partial charge is 0.296 e. The quantitative estimate of drug-likeness (QED) is 0.139. The lowest BCUT2D eigenvalue weighted by atomic mass is 10.1. The van der Waals surface area contributed by atoms with Crippen molar-refractivity contribution >= 4 is 43.3 Å². The summed E-state index contributed by atoms with van der Waals surface area (Å²) in [5.41, 5.74) is 21.9. The largest absolute Gasteiger partial charge is 0.397 e. The number of nitrogens with zero attached hydrogens (tertiary/aromatic N) is 6. The molecule has 0 radical (unpaired) electrons. The summed E-state index contributed by atoms with van der Waals surface area (Å²) in [5.74, 6) is 0.796. The van der Waals surface area contributed by atoms with Gasteiger partial charge < -0.3 is 22.9 Å². The zero-order chi connectivity index (χ0) is 28.3. The molecule has 2 aromatic heterocycles. The molecule has 200 valence electrons. The minimum Gasteiger partial charge on any atom is -0.397 e. The van der Waals surface area contributed by atoms with Gasteiger partial charge in [0, 0.05) is 17.7 Å². The molecule has 0 unspecified atom stereocenters. The lowest BCUT2D eigenvalue weighted by Gasteiger charge is -2.13. The van der Waals surface area contributed by atoms with Crippen LogP contribution in [0.2, 0.25) is 0 Å². The summed E-state index contributed by atoms with van der Waals surface area (Å²) in [5, 5.41) is 20.1. The van der Waals surface area contributed by atoms with Crippen molar-refractivity contribution in [2.75, 3.05) is 11.5 Å². The first kappa shape index (κ1) is 29.5. The second-order valence-corrected chi connectivity index (χ2v) is 9.62. The Morgan fingerprint density at radius 1 is 0.658 bits per heavy atom. The molecule has 0 bridgehead atoms. The number of nitrogen functional groups attached to an aromatic ring is 2. The molecule has 0 aliphatic rings. The maximum Gasteiger partial charge on any atom is 0.296 e. The van der Waals surface area contributed by atoms with Gasteiger partial charge in [-0.2, -0.15) is 16.8 Å². The molecule has 16 nitrogen and oxygen atoms in total. The molecule has 10 N–H and O–H groups in total. The Bertz CT molecular complexity index is 1550. The van der Waals surface area contributed by atoms with Crippen LogP contribution in [0.4, 0.5) is 11.6 Å². The average Bonchev–Trinajstić information content (AvgIpc) is 2.88. The maximum atomic E-state index is 11.6. The second-order valence-electron chi connectivity index (χ2n) is 6.87. The standard InChI is InChI=1S/C14H14N2O6S2.2C3H4N4/c15-12(9-5-2-1-3-6-9)13(16)10-7-4-8-11(23(17,18)19)14(10)24(20,21)22;2*4-3-1-2-5-7-6-3/h1-8H,15-16H2,(H,17,18,19)(H,20,21,22);2*1-2H,(H2,4,5,6). The van der Waals surface area contributed by atoms with Gasteiger partial charge in [0.2, 0.25) is 0 Å². The van der Waals surface area contributed by atoms with Crippen LogP contribution in [0.5, 0.6) is 0 Å². The van der Waals surface area contributed by atoms with E-state index < -0.39 is 30.0 Å². The van der Waals surface area contributed by atoms with E-state index in [4.69, 9.17) is 22.9 Å². The summed E-state index contributed by atoms with van der Waals surface area (Å²) < 4.78 is 64.7. The number of benzene rings is 2. The highest BCUT2D eigenvalue weighted by Crippen LogP contribution is 2.30. The van der Waals surface area contributed by atoms with Crippen LogP contribution in [-0.2, 0) is 20.2 Å². The van der Waals surface area contributed by atoms with Crippen LogP contribution >= 0.6 is 0 Å². The van der Waals surface area contributed by atoms with E-state index in [9.17, 15) is 25.9 Å². The summed E-state index contributed by atoms with van der Waals surface area (Å²) in [6.45, 7) is 0. The molecule has 2 aromatic carbocycles. The topological polar surface area (TPSA) is 290 Å². The van der Waals surface area contributed by atoms with Crippen LogP contribution in [0.15, 0.2) is 82.8 Å².